The summed E-state index contributed by atoms with van der Waals surface area (Å²) < 4.78 is 28.3. The smallest absolute Gasteiger partial charge is 0.280 e. The lowest BCUT2D eigenvalue weighted by Gasteiger charge is -2.17. The van der Waals surface area contributed by atoms with E-state index in [0.29, 0.717) is 17.7 Å². The SMILES string of the molecule is Cc1ccc(NS(=O)(=O)c2ccc(CCN3C(=O)c4cccnc4C3=O)cc2)cc1N(C)C. The molecule has 2 aromatic carbocycles. The molecule has 2 heterocycles. The number of imide groups is 1. The van der Waals surface area contributed by atoms with Crippen molar-refractivity contribution >= 4 is 33.2 Å². The Balaban J connectivity index is 1.44. The Bertz CT molecular complexity index is 1300. The molecule has 3 aromatic rings. The molecule has 8 nitrogen and oxygen atoms in total. The Morgan fingerprint density at radius 3 is 2.39 bits per heavy atom. The van der Waals surface area contributed by atoms with Crippen molar-refractivity contribution < 1.29 is 18.0 Å². The molecule has 0 saturated heterocycles. The van der Waals surface area contributed by atoms with E-state index in [0.717, 1.165) is 16.8 Å². The van der Waals surface area contributed by atoms with Crippen molar-refractivity contribution in [2.24, 2.45) is 0 Å². The average molecular weight is 465 g/mol. The highest BCUT2D eigenvalue weighted by Crippen LogP contribution is 2.25. The van der Waals surface area contributed by atoms with Crippen molar-refractivity contribution in [3.05, 3.63) is 83.2 Å². The molecule has 0 unspecified atom stereocenters. The second-order valence-corrected chi connectivity index (χ2v) is 9.74. The predicted molar refractivity (Wildman–Crippen MR) is 126 cm³/mol. The van der Waals surface area contributed by atoms with Gasteiger partial charge >= 0.3 is 0 Å². The number of aromatic nitrogens is 1. The Kier molecular flexibility index (Phi) is 5.90. The van der Waals surface area contributed by atoms with Crippen molar-refractivity contribution in [1.82, 2.24) is 9.88 Å². The van der Waals surface area contributed by atoms with Crippen LogP contribution in [0.25, 0.3) is 0 Å². The van der Waals surface area contributed by atoms with Gasteiger partial charge in [0, 0.05) is 32.5 Å². The number of benzene rings is 2. The summed E-state index contributed by atoms with van der Waals surface area (Å²) in [6, 6.07) is 15.0. The van der Waals surface area contributed by atoms with Gasteiger partial charge in [-0.2, -0.15) is 0 Å². The van der Waals surface area contributed by atoms with E-state index in [4.69, 9.17) is 0 Å². The number of anilines is 2. The van der Waals surface area contributed by atoms with Crippen molar-refractivity contribution in [3.8, 4) is 0 Å². The van der Waals surface area contributed by atoms with Crippen LogP contribution in [0.4, 0.5) is 11.4 Å². The number of rotatable bonds is 7. The van der Waals surface area contributed by atoms with Gasteiger partial charge in [0.05, 0.1) is 16.1 Å². The molecule has 0 spiro atoms. The summed E-state index contributed by atoms with van der Waals surface area (Å²) in [5.41, 5.74) is 3.73. The van der Waals surface area contributed by atoms with E-state index in [1.165, 1.54) is 23.2 Å². The first-order valence-corrected chi connectivity index (χ1v) is 11.9. The lowest BCUT2D eigenvalue weighted by molar-refractivity contribution is 0.0654. The van der Waals surface area contributed by atoms with Crippen LogP contribution in [0.3, 0.4) is 0 Å². The number of hydrogen-bond acceptors (Lipinski definition) is 6. The van der Waals surface area contributed by atoms with E-state index in [2.05, 4.69) is 9.71 Å². The molecule has 2 amide bonds. The lowest BCUT2D eigenvalue weighted by Crippen LogP contribution is -2.31. The molecule has 1 aromatic heterocycles. The number of carbonyl (C=O) groups excluding carboxylic acids is 2. The maximum absolute atomic E-state index is 12.8. The minimum atomic E-state index is -3.77. The summed E-state index contributed by atoms with van der Waals surface area (Å²) in [5.74, 6) is -0.768. The first-order valence-electron chi connectivity index (χ1n) is 10.4. The summed E-state index contributed by atoms with van der Waals surface area (Å²) in [6.45, 7) is 2.15. The normalized spacial score (nSPS) is 13.2. The van der Waals surface area contributed by atoms with Crippen molar-refractivity contribution in [2.75, 3.05) is 30.3 Å². The van der Waals surface area contributed by atoms with E-state index in [9.17, 15) is 18.0 Å². The van der Waals surface area contributed by atoms with Crippen LogP contribution in [0.1, 0.15) is 32.0 Å². The molecular formula is C24H24N4O4S. The zero-order chi connectivity index (χ0) is 23.8. The maximum Gasteiger partial charge on any atom is 0.280 e. The Labute approximate surface area is 192 Å². The number of nitrogens with zero attached hydrogens (tertiary/aromatic N) is 3. The molecule has 33 heavy (non-hydrogen) atoms. The van der Waals surface area contributed by atoms with Gasteiger partial charge in [-0.3, -0.25) is 24.2 Å². The van der Waals surface area contributed by atoms with Crippen LogP contribution in [-0.4, -0.2) is 50.8 Å². The van der Waals surface area contributed by atoms with Crippen molar-refractivity contribution in [3.63, 3.8) is 0 Å². The molecule has 4 rings (SSSR count). The van der Waals surface area contributed by atoms with Crippen LogP contribution in [-0.2, 0) is 16.4 Å². The minimum Gasteiger partial charge on any atom is -0.377 e. The van der Waals surface area contributed by atoms with Crippen LogP contribution in [0, 0.1) is 6.92 Å². The fourth-order valence-electron chi connectivity index (χ4n) is 3.76. The monoisotopic (exact) mass is 464 g/mol. The fourth-order valence-corrected chi connectivity index (χ4v) is 4.81. The van der Waals surface area contributed by atoms with Gasteiger partial charge in [0.1, 0.15) is 5.69 Å². The standard InChI is InChI=1S/C24H24N4O4S/c1-16-6-9-18(15-21(16)27(2)3)26-33(31,32)19-10-7-17(8-11-19)12-14-28-23(29)20-5-4-13-25-22(20)24(28)30/h4-11,13,15,26H,12,14H2,1-3H3. The number of amides is 2. The fraction of sp³-hybridized carbons (Fsp3) is 0.208. The predicted octanol–water partition coefficient (Wildman–Crippen LogP) is 3.10. The van der Waals surface area contributed by atoms with Gasteiger partial charge in [0.15, 0.2) is 0 Å². The Morgan fingerprint density at radius 1 is 1.00 bits per heavy atom. The van der Waals surface area contributed by atoms with Crippen LogP contribution in [0.15, 0.2) is 65.7 Å². The highest BCUT2D eigenvalue weighted by atomic mass is 32.2. The van der Waals surface area contributed by atoms with Crippen molar-refractivity contribution in [2.45, 2.75) is 18.2 Å². The highest BCUT2D eigenvalue weighted by Gasteiger charge is 2.36. The van der Waals surface area contributed by atoms with Gasteiger partial charge in [0.25, 0.3) is 21.8 Å². The van der Waals surface area contributed by atoms with E-state index in [1.54, 1.807) is 36.4 Å². The molecule has 1 aliphatic heterocycles. The molecule has 0 radical (unpaired) electrons. The summed E-state index contributed by atoms with van der Waals surface area (Å²) in [4.78, 5) is 32.1. The molecule has 1 N–H and O–H groups in total. The van der Waals surface area contributed by atoms with Crippen LogP contribution >= 0.6 is 0 Å². The number of fused-ring (bicyclic) bond motifs is 1. The quantitative estimate of drug-likeness (QED) is 0.540. The lowest BCUT2D eigenvalue weighted by atomic mass is 10.1. The van der Waals surface area contributed by atoms with Gasteiger partial charge in [-0.25, -0.2) is 8.42 Å². The van der Waals surface area contributed by atoms with Gasteiger partial charge in [-0.15, -0.1) is 0 Å². The van der Waals surface area contributed by atoms with E-state index in [1.807, 2.05) is 32.0 Å². The number of pyridine rings is 1. The number of carbonyl (C=O) groups is 2. The Hall–Kier alpha value is -3.72. The van der Waals surface area contributed by atoms with Gasteiger partial charge in [0.2, 0.25) is 0 Å². The molecule has 0 fully saturated rings. The number of aryl methyl sites for hydroxylation is 1. The third-order valence-corrected chi connectivity index (χ3v) is 6.93. The molecule has 0 atom stereocenters. The van der Waals surface area contributed by atoms with Gasteiger partial charge < -0.3 is 4.90 Å². The highest BCUT2D eigenvalue weighted by molar-refractivity contribution is 7.92. The summed E-state index contributed by atoms with van der Waals surface area (Å²) in [6.07, 6.45) is 1.89. The summed E-state index contributed by atoms with van der Waals surface area (Å²) in [7, 11) is 0.0360. The zero-order valence-corrected chi connectivity index (χ0v) is 19.4. The molecule has 0 aliphatic carbocycles. The molecule has 170 valence electrons. The maximum atomic E-state index is 12.8. The van der Waals surface area contributed by atoms with Gasteiger partial charge in [-0.1, -0.05) is 18.2 Å². The third-order valence-electron chi connectivity index (χ3n) is 5.53. The van der Waals surface area contributed by atoms with Gasteiger partial charge in [-0.05, 0) is 60.9 Å². The molecule has 0 saturated carbocycles. The average Bonchev–Trinajstić information content (AvgIpc) is 3.03. The van der Waals surface area contributed by atoms with Crippen LogP contribution in [0.2, 0.25) is 0 Å². The summed E-state index contributed by atoms with van der Waals surface area (Å²) >= 11 is 0. The van der Waals surface area contributed by atoms with E-state index >= 15 is 0 Å². The number of sulfonamides is 1. The molecular weight excluding hydrogens is 440 g/mol. The third kappa shape index (κ3) is 4.45. The zero-order valence-electron chi connectivity index (χ0n) is 18.6. The topological polar surface area (TPSA) is 99.7 Å². The van der Waals surface area contributed by atoms with E-state index < -0.39 is 15.9 Å². The van der Waals surface area contributed by atoms with E-state index in [-0.39, 0.29) is 23.0 Å². The number of nitrogens with one attached hydrogen (secondary N) is 1. The Morgan fingerprint density at radius 2 is 1.73 bits per heavy atom. The summed E-state index contributed by atoms with van der Waals surface area (Å²) in [5, 5.41) is 0. The molecule has 1 aliphatic rings. The number of hydrogen-bond donors (Lipinski definition) is 1. The molecule has 9 heteroatoms. The largest absolute Gasteiger partial charge is 0.377 e. The first kappa shape index (κ1) is 22.5. The second-order valence-electron chi connectivity index (χ2n) is 8.06. The van der Waals surface area contributed by atoms with Crippen LogP contribution in [0.5, 0.6) is 0 Å². The molecule has 0 bridgehead atoms. The first-order chi connectivity index (χ1) is 15.7. The minimum absolute atomic E-state index is 0.128. The second kappa shape index (κ2) is 8.67. The van der Waals surface area contributed by atoms with Crippen LogP contribution < -0.4 is 9.62 Å². The van der Waals surface area contributed by atoms with Crippen molar-refractivity contribution in [1.29, 1.82) is 0 Å².